The zero-order valence-electron chi connectivity index (χ0n) is 10.4. The Labute approximate surface area is 105 Å². The number of nitrogens with zero attached hydrogens (tertiary/aromatic N) is 1. The van der Waals surface area contributed by atoms with Crippen LogP contribution in [0.15, 0.2) is 0 Å². The van der Waals surface area contributed by atoms with Crippen LogP contribution in [0.4, 0.5) is 0 Å². The molecule has 0 aromatic rings. The van der Waals surface area contributed by atoms with Gasteiger partial charge in [0.05, 0.1) is 18.0 Å². The second-order valence-electron chi connectivity index (χ2n) is 5.69. The fraction of sp³-hybridized carbons (Fsp3) is 0.769. The number of carbonyl (C=O) groups excluding carboxylic acids is 3. The topological polar surface area (TPSA) is 63.7 Å². The molecule has 3 fully saturated rings. The standard InChI is InChI=1S/C13H17NO4/c1-8-6-13(18-12(8)17)5-4-11(16)14-9(7-15)2-3-10(13)14/h7-10H,2-6H2,1H3/t8-,9+,10+,13+/m1/s1. The first-order valence-corrected chi connectivity index (χ1v) is 6.57. The minimum absolute atomic E-state index is 0.0239. The van der Waals surface area contributed by atoms with E-state index in [0.29, 0.717) is 25.7 Å². The second-order valence-corrected chi connectivity index (χ2v) is 5.69. The summed E-state index contributed by atoms with van der Waals surface area (Å²) in [5, 5.41) is 0. The molecule has 0 aliphatic carbocycles. The Bertz CT molecular complexity index is 421. The average molecular weight is 251 g/mol. The minimum atomic E-state index is -0.526. The highest BCUT2D eigenvalue weighted by atomic mass is 16.6. The molecule has 3 aliphatic heterocycles. The van der Waals surface area contributed by atoms with Crippen LogP contribution in [0.5, 0.6) is 0 Å². The summed E-state index contributed by atoms with van der Waals surface area (Å²) in [4.78, 5) is 36.4. The van der Waals surface area contributed by atoms with E-state index < -0.39 is 5.60 Å². The van der Waals surface area contributed by atoms with Crippen molar-refractivity contribution in [3.05, 3.63) is 0 Å². The van der Waals surface area contributed by atoms with Crippen molar-refractivity contribution in [2.75, 3.05) is 0 Å². The molecule has 4 atom stereocenters. The molecule has 3 saturated heterocycles. The molecule has 18 heavy (non-hydrogen) atoms. The van der Waals surface area contributed by atoms with Crippen molar-refractivity contribution in [3.63, 3.8) is 0 Å². The number of piperidine rings is 1. The van der Waals surface area contributed by atoms with Gasteiger partial charge < -0.3 is 14.4 Å². The van der Waals surface area contributed by atoms with Crippen molar-refractivity contribution in [3.8, 4) is 0 Å². The lowest BCUT2D eigenvalue weighted by molar-refractivity contribution is -0.167. The van der Waals surface area contributed by atoms with Crippen LogP contribution in [0, 0.1) is 5.92 Å². The SMILES string of the molecule is C[C@@H]1C[C@]2(CCC(=O)N3[C@H](C=O)CC[C@H]32)OC1=O. The summed E-state index contributed by atoms with van der Waals surface area (Å²) in [7, 11) is 0. The van der Waals surface area contributed by atoms with Crippen LogP contribution in [0.25, 0.3) is 0 Å². The lowest BCUT2D eigenvalue weighted by atomic mass is 9.80. The van der Waals surface area contributed by atoms with Crippen LogP contribution in [0.1, 0.15) is 39.0 Å². The number of fused-ring (bicyclic) bond motifs is 2. The Morgan fingerprint density at radius 1 is 1.39 bits per heavy atom. The summed E-state index contributed by atoms with van der Waals surface area (Å²) < 4.78 is 5.61. The fourth-order valence-corrected chi connectivity index (χ4v) is 3.76. The molecule has 0 aromatic carbocycles. The molecule has 0 saturated carbocycles. The monoisotopic (exact) mass is 251 g/mol. The molecule has 3 aliphatic rings. The van der Waals surface area contributed by atoms with E-state index in [4.69, 9.17) is 4.74 Å². The number of amides is 1. The van der Waals surface area contributed by atoms with Crippen LogP contribution in [0.2, 0.25) is 0 Å². The number of rotatable bonds is 1. The van der Waals surface area contributed by atoms with Crippen molar-refractivity contribution in [2.24, 2.45) is 5.92 Å². The van der Waals surface area contributed by atoms with Gasteiger partial charge in [-0.05, 0) is 19.3 Å². The minimum Gasteiger partial charge on any atom is -0.457 e. The molecular formula is C13H17NO4. The fourth-order valence-electron chi connectivity index (χ4n) is 3.76. The van der Waals surface area contributed by atoms with E-state index in [2.05, 4.69) is 0 Å². The first-order chi connectivity index (χ1) is 8.57. The van der Waals surface area contributed by atoms with Gasteiger partial charge in [0.15, 0.2) is 0 Å². The number of aldehydes is 1. The van der Waals surface area contributed by atoms with Crippen molar-refractivity contribution >= 4 is 18.2 Å². The van der Waals surface area contributed by atoms with Gasteiger partial charge in [-0.25, -0.2) is 0 Å². The quantitative estimate of drug-likeness (QED) is 0.507. The van der Waals surface area contributed by atoms with E-state index in [1.807, 2.05) is 6.92 Å². The number of ether oxygens (including phenoxy) is 1. The maximum atomic E-state index is 12.0. The van der Waals surface area contributed by atoms with E-state index in [-0.39, 0.29) is 29.9 Å². The van der Waals surface area contributed by atoms with Crippen LogP contribution in [-0.4, -0.2) is 40.7 Å². The zero-order valence-corrected chi connectivity index (χ0v) is 10.4. The van der Waals surface area contributed by atoms with Crippen molar-refractivity contribution in [2.45, 2.75) is 56.7 Å². The maximum absolute atomic E-state index is 12.0. The van der Waals surface area contributed by atoms with Gasteiger partial charge in [-0.3, -0.25) is 9.59 Å². The number of hydrogen-bond donors (Lipinski definition) is 0. The highest BCUT2D eigenvalue weighted by molar-refractivity contribution is 5.83. The van der Waals surface area contributed by atoms with E-state index in [1.54, 1.807) is 4.90 Å². The first kappa shape index (κ1) is 11.7. The first-order valence-electron chi connectivity index (χ1n) is 6.57. The summed E-state index contributed by atoms with van der Waals surface area (Å²) in [6, 6.07) is -0.419. The third kappa shape index (κ3) is 1.42. The summed E-state index contributed by atoms with van der Waals surface area (Å²) in [5.74, 6) is -0.245. The summed E-state index contributed by atoms with van der Waals surface area (Å²) in [6.07, 6.45) is 3.95. The Kier molecular flexibility index (Phi) is 2.47. The Hall–Kier alpha value is -1.39. The summed E-state index contributed by atoms with van der Waals surface area (Å²) >= 11 is 0. The van der Waals surface area contributed by atoms with Crippen LogP contribution in [0.3, 0.4) is 0 Å². The molecule has 0 radical (unpaired) electrons. The van der Waals surface area contributed by atoms with Gasteiger partial charge in [-0.1, -0.05) is 6.92 Å². The van der Waals surface area contributed by atoms with Crippen LogP contribution in [-0.2, 0) is 19.1 Å². The van der Waals surface area contributed by atoms with E-state index in [0.717, 1.165) is 12.7 Å². The molecule has 98 valence electrons. The predicted molar refractivity (Wildman–Crippen MR) is 61.6 cm³/mol. The van der Waals surface area contributed by atoms with Gasteiger partial charge >= 0.3 is 5.97 Å². The molecule has 5 nitrogen and oxygen atoms in total. The third-order valence-electron chi connectivity index (χ3n) is 4.60. The molecule has 1 amide bonds. The van der Waals surface area contributed by atoms with Gasteiger partial charge in [0, 0.05) is 12.8 Å². The highest BCUT2D eigenvalue weighted by Gasteiger charge is 2.58. The molecule has 0 N–H and O–H groups in total. The molecule has 3 heterocycles. The van der Waals surface area contributed by atoms with Crippen molar-refractivity contribution < 1.29 is 19.1 Å². The molecule has 3 rings (SSSR count). The largest absolute Gasteiger partial charge is 0.457 e. The Morgan fingerprint density at radius 3 is 2.78 bits per heavy atom. The molecular weight excluding hydrogens is 234 g/mol. The normalized spacial score (nSPS) is 43.2. The van der Waals surface area contributed by atoms with Crippen molar-refractivity contribution in [1.29, 1.82) is 0 Å². The lowest BCUT2D eigenvalue weighted by Crippen LogP contribution is -2.58. The zero-order chi connectivity index (χ0) is 12.9. The summed E-state index contributed by atoms with van der Waals surface area (Å²) in [6.45, 7) is 1.87. The van der Waals surface area contributed by atoms with E-state index in [1.165, 1.54) is 0 Å². The maximum Gasteiger partial charge on any atom is 0.309 e. The van der Waals surface area contributed by atoms with Crippen LogP contribution >= 0.6 is 0 Å². The van der Waals surface area contributed by atoms with Gasteiger partial charge in [0.1, 0.15) is 11.9 Å². The van der Waals surface area contributed by atoms with Gasteiger partial charge in [0.2, 0.25) is 5.91 Å². The van der Waals surface area contributed by atoms with Gasteiger partial charge in [-0.2, -0.15) is 0 Å². The molecule has 0 bridgehead atoms. The predicted octanol–water partition coefficient (Wildman–Crippen LogP) is 0.660. The number of carbonyl (C=O) groups is 3. The Balaban J connectivity index is 1.93. The van der Waals surface area contributed by atoms with Crippen LogP contribution < -0.4 is 0 Å². The molecule has 0 unspecified atom stereocenters. The van der Waals surface area contributed by atoms with E-state index >= 15 is 0 Å². The number of esters is 1. The van der Waals surface area contributed by atoms with Crippen molar-refractivity contribution in [1.82, 2.24) is 4.90 Å². The van der Waals surface area contributed by atoms with E-state index in [9.17, 15) is 14.4 Å². The molecule has 0 aromatic heterocycles. The summed E-state index contributed by atoms with van der Waals surface area (Å²) in [5.41, 5.74) is -0.526. The Morgan fingerprint density at radius 2 is 2.17 bits per heavy atom. The molecule has 1 spiro atoms. The van der Waals surface area contributed by atoms with Gasteiger partial charge in [-0.15, -0.1) is 0 Å². The second kappa shape index (κ2) is 3.80. The third-order valence-corrected chi connectivity index (χ3v) is 4.60. The smallest absolute Gasteiger partial charge is 0.309 e. The average Bonchev–Trinajstić information content (AvgIpc) is 2.89. The molecule has 5 heteroatoms. The lowest BCUT2D eigenvalue weighted by Gasteiger charge is -2.44. The van der Waals surface area contributed by atoms with Gasteiger partial charge in [0.25, 0.3) is 0 Å². The highest BCUT2D eigenvalue weighted by Crippen LogP contribution is 2.47. The number of hydrogen-bond acceptors (Lipinski definition) is 4.